The predicted octanol–water partition coefficient (Wildman–Crippen LogP) is 2.04. The van der Waals surface area contributed by atoms with E-state index in [1.165, 1.54) is 23.5 Å². The molecule has 2 heterocycles. The topological polar surface area (TPSA) is 120 Å². The van der Waals surface area contributed by atoms with Crippen molar-refractivity contribution in [3.05, 3.63) is 48.8 Å². The molecule has 1 aromatic carbocycles. The lowest BCUT2D eigenvalue weighted by Gasteiger charge is -2.43. The van der Waals surface area contributed by atoms with E-state index in [1.54, 1.807) is 57.4 Å². The van der Waals surface area contributed by atoms with Crippen LogP contribution in [-0.4, -0.2) is 56.3 Å². The van der Waals surface area contributed by atoms with Gasteiger partial charge >= 0.3 is 0 Å². The number of nitrogens with two attached hydrogens (primary N) is 1. The summed E-state index contributed by atoms with van der Waals surface area (Å²) in [6.45, 7) is 4.72. The molecule has 29 heavy (non-hydrogen) atoms. The van der Waals surface area contributed by atoms with Gasteiger partial charge in [0.2, 0.25) is 10.0 Å². The van der Waals surface area contributed by atoms with Crippen LogP contribution < -0.4 is 10.5 Å². The third kappa shape index (κ3) is 4.61. The number of rotatable bonds is 4. The van der Waals surface area contributed by atoms with Crippen molar-refractivity contribution in [2.45, 2.75) is 36.5 Å². The van der Waals surface area contributed by atoms with Crippen LogP contribution >= 0.6 is 0 Å². The molecule has 0 spiro atoms. The van der Waals surface area contributed by atoms with E-state index >= 15 is 0 Å². The number of benzene rings is 1. The van der Waals surface area contributed by atoms with Crippen molar-refractivity contribution in [1.29, 1.82) is 0 Å². The van der Waals surface area contributed by atoms with Crippen LogP contribution in [0.3, 0.4) is 0 Å². The Labute approximate surface area is 172 Å². The van der Waals surface area contributed by atoms with E-state index < -0.39 is 30.6 Å². The van der Waals surface area contributed by atoms with Gasteiger partial charge < -0.3 is 10.5 Å². The van der Waals surface area contributed by atoms with E-state index in [2.05, 4.69) is 10.7 Å². The first kappa shape index (κ1) is 23.3. The average Bonchev–Trinajstić information content (AvgIpc) is 2.69. The van der Waals surface area contributed by atoms with Gasteiger partial charge in [-0.25, -0.2) is 16.8 Å². The molecule has 0 bridgehead atoms. The lowest BCUT2D eigenvalue weighted by atomic mass is 10.1. The first-order valence-electron chi connectivity index (χ1n) is 9.05. The van der Waals surface area contributed by atoms with Crippen LogP contribution in [0.2, 0.25) is 0 Å². The van der Waals surface area contributed by atoms with Crippen molar-refractivity contribution in [2.24, 2.45) is 5.73 Å². The molecule has 1 atom stereocenters. The smallest absolute Gasteiger partial charge is 0.243 e. The van der Waals surface area contributed by atoms with Crippen molar-refractivity contribution < 1.29 is 21.6 Å². The van der Waals surface area contributed by atoms with Crippen LogP contribution in [-0.2, 0) is 19.9 Å². The number of hydrogen-bond acceptors (Lipinski definition) is 7. The molecule has 8 nitrogen and oxygen atoms in total. The van der Waals surface area contributed by atoms with Crippen molar-refractivity contribution in [3.8, 4) is 11.5 Å². The fourth-order valence-electron chi connectivity index (χ4n) is 2.96. The summed E-state index contributed by atoms with van der Waals surface area (Å²) in [5, 5.41) is 0. The summed E-state index contributed by atoms with van der Waals surface area (Å²) in [5.74, 6) is 0.902. The highest BCUT2D eigenvalue weighted by Crippen LogP contribution is 2.34. The number of pyridine rings is 1. The van der Waals surface area contributed by atoms with Crippen LogP contribution in [0.15, 0.2) is 53.7 Å². The largest absolute Gasteiger partial charge is 0.457 e. The molecule has 0 radical (unpaired) electrons. The summed E-state index contributed by atoms with van der Waals surface area (Å²) in [5.41, 5.74) is 4.50. The fraction of sp³-hybridized carbons (Fsp3) is 0.421. The number of hydrogen-bond donors (Lipinski definition) is 1. The molecular weight excluding hydrogens is 414 g/mol. The second-order valence-corrected chi connectivity index (χ2v) is 11.6. The van der Waals surface area contributed by atoms with Crippen molar-refractivity contribution in [2.75, 3.05) is 19.3 Å². The Balaban J connectivity index is 0.00000145. The maximum atomic E-state index is 13.0. The minimum absolute atomic E-state index is 0.0511. The normalized spacial score (nSPS) is 20.9. The Morgan fingerprint density at radius 2 is 1.59 bits per heavy atom. The zero-order chi connectivity index (χ0) is 21.9. The van der Waals surface area contributed by atoms with E-state index in [4.69, 9.17) is 4.74 Å². The number of aromatic nitrogens is 1. The van der Waals surface area contributed by atoms with Crippen molar-refractivity contribution >= 4 is 19.9 Å². The van der Waals surface area contributed by atoms with Gasteiger partial charge in [0.1, 0.15) is 11.5 Å². The molecule has 0 unspecified atom stereocenters. The van der Waals surface area contributed by atoms with Crippen LogP contribution in [0.25, 0.3) is 0 Å². The van der Waals surface area contributed by atoms with Crippen LogP contribution in [0, 0.1) is 0 Å². The van der Waals surface area contributed by atoms with Crippen LogP contribution in [0.4, 0.5) is 0 Å². The van der Waals surface area contributed by atoms with Gasteiger partial charge in [0.05, 0.1) is 15.4 Å². The SMILES string of the molecule is CN.C[C@@H]1N(S(=O)(=O)c2ccc(Oc3ccncc3)cc2)CCS(=O)(=O)C1(C)C. The van der Waals surface area contributed by atoms with Gasteiger partial charge in [-0.05, 0) is 64.2 Å². The minimum Gasteiger partial charge on any atom is -0.457 e. The van der Waals surface area contributed by atoms with Gasteiger partial charge in [0, 0.05) is 25.0 Å². The molecule has 10 heteroatoms. The van der Waals surface area contributed by atoms with Gasteiger partial charge in [0.15, 0.2) is 9.84 Å². The quantitative estimate of drug-likeness (QED) is 0.771. The number of nitrogens with zero attached hydrogens (tertiary/aromatic N) is 2. The molecule has 0 aliphatic carbocycles. The van der Waals surface area contributed by atoms with Crippen LogP contribution in [0.5, 0.6) is 11.5 Å². The molecule has 1 fully saturated rings. The summed E-state index contributed by atoms with van der Waals surface area (Å²) in [7, 11) is -5.68. The molecule has 1 aliphatic heterocycles. The summed E-state index contributed by atoms with van der Waals surface area (Å²) >= 11 is 0. The average molecular weight is 442 g/mol. The highest BCUT2D eigenvalue weighted by atomic mass is 32.2. The van der Waals surface area contributed by atoms with Gasteiger partial charge in [-0.3, -0.25) is 4.98 Å². The fourth-order valence-corrected chi connectivity index (χ4v) is 6.51. The molecule has 1 aliphatic rings. The maximum absolute atomic E-state index is 13.0. The number of sulfonamides is 1. The van der Waals surface area contributed by atoms with E-state index in [9.17, 15) is 16.8 Å². The summed E-state index contributed by atoms with van der Waals surface area (Å²) in [6.07, 6.45) is 3.20. The van der Waals surface area contributed by atoms with E-state index in [-0.39, 0.29) is 17.2 Å². The zero-order valence-corrected chi connectivity index (χ0v) is 18.6. The first-order chi connectivity index (χ1) is 13.6. The van der Waals surface area contributed by atoms with E-state index in [0.717, 1.165) is 0 Å². The molecular formula is C19H27N3O5S2. The Kier molecular flexibility index (Phi) is 7.05. The molecule has 2 N–H and O–H groups in total. The van der Waals surface area contributed by atoms with Gasteiger partial charge in [-0.2, -0.15) is 4.31 Å². The van der Waals surface area contributed by atoms with Gasteiger partial charge in [-0.1, -0.05) is 0 Å². The summed E-state index contributed by atoms with van der Waals surface area (Å²) < 4.78 is 56.5. The number of sulfone groups is 1. The van der Waals surface area contributed by atoms with E-state index in [0.29, 0.717) is 11.5 Å². The maximum Gasteiger partial charge on any atom is 0.243 e. The Bertz CT molecular complexity index is 1020. The second-order valence-electron chi connectivity index (χ2n) is 6.97. The monoisotopic (exact) mass is 441 g/mol. The molecule has 2 aromatic rings. The number of ether oxygens (including phenoxy) is 1. The zero-order valence-electron chi connectivity index (χ0n) is 16.9. The minimum atomic E-state index is -3.82. The Hall–Kier alpha value is -2.01. The van der Waals surface area contributed by atoms with Gasteiger partial charge in [0.25, 0.3) is 0 Å². The molecule has 3 rings (SSSR count). The van der Waals surface area contributed by atoms with Crippen LogP contribution in [0.1, 0.15) is 20.8 Å². The van der Waals surface area contributed by atoms with E-state index in [1.807, 2.05) is 0 Å². The summed E-state index contributed by atoms with van der Waals surface area (Å²) in [6, 6.07) is 8.80. The first-order valence-corrected chi connectivity index (χ1v) is 12.1. The predicted molar refractivity (Wildman–Crippen MR) is 112 cm³/mol. The highest BCUT2D eigenvalue weighted by molar-refractivity contribution is 7.93. The molecule has 0 saturated carbocycles. The van der Waals surface area contributed by atoms with Gasteiger partial charge in [-0.15, -0.1) is 0 Å². The third-order valence-corrected chi connectivity index (χ3v) is 9.78. The highest BCUT2D eigenvalue weighted by Gasteiger charge is 2.49. The lowest BCUT2D eigenvalue weighted by Crippen LogP contribution is -2.60. The van der Waals surface area contributed by atoms with Crippen molar-refractivity contribution in [3.63, 3.8) is 0 Å². The molecule has 1 saturated heterocycles. The molecule has 1 aromatic heterocycles. The third-order valence-electron chi connectivity index (χ3n) is 5.14. The Morgan fingerprint density at radius 3 is 2.14 bits per heavy atom. The molecule has 160 valence electrons. The lowest BCUT2D eigenvalue weighted by molar-refractivity contribution is 0.280. The standard InChI is InChI=1S/C18H22N2O5S2.CH5N/c1-14-18(2,3)26(21,22)13-12-20(14)27(23,24)17-6-4-15(5-7-17)25-16-8-10-19-11-9-16;1-2/h4-11,14H,12-13H2,1-3H3;2H2,1H3/t14-;/m0./s1. The Morgan fingerprint density at radius 1 is 1.07 bits per heavy atom. The molecule has 0 amide bonds. The second kappa shape index (κ2) is 8.78. The van der Waals surface area contributed by atoms with Crippen molar-refractivity contribution in [1.82, 2.24) is 9.29 Å². The summed E-state index contributed by atoms with van der Waals surface area (Å²) in [4.78, 5) is 4.01.